The number of anilines is 1. The summed E-state index contributed by atoms with van der Waals surface area (Å²) in [6.45, 7) is 1.94. The average molecular weight is 466 g/mol. The number of carbonyl (C=O) groups is 2. The highest BCUT2D eigenvalue weighted by Crippen LogP contribution is 2.17. The predicted octanol–water partition coefficient (Wildman–Crippen LogP) is 4.65. The summed E-state index contributed by atoms with van der Waals surface area (Å²) in [7, 11) is 1.56. The van der Waals surface area contributed by atoms with E-state index in [0.29, 0.717) is 28.8 Å². The highest BCUT2D eigenvalue weighted by Gasteiger charge is 2.21. The van der Waals surface area contributed by atoms with Gasteiger partial charge in [0.05, 0.1) is 13.3 Å². The van der Waals surface area contributed by atoms with Gasteiger partial charge in [0, 0.05) is 10.7 Å². The van der Waals surface area contributed by atoms with Crippen LogP contribution in [0.5, 0.6) is 11.5 Å². The number of nitrogens with one attached hydrogen (secondary N) is 2. The Morgan fingerprint density at radius 3 is 2.21 bits per heavy atom. The molecule has 0 aromatic heterocycles. The van der Waals surface area contributed by atoms with Crippen molar-refractivity contribution in [2.24, 2.45) is 11.0 Å². The van der Waals surface area contributed by atoms with E-state index in [0.717, 1.165) is 11.1 Å². The lowest BCUT2D eigenvalue weighted by Crippen LogP contribution is -2.34. The fourth-order valence-electron chi connectivity index (χ4n) is 2.71. The lowest BCUT2D eigenvalue weighted by Gasteiger charge is -2.11. The van der Waals surface area contributed by atoms with Gasteiger partial charge in [-0.3, -0.25) is 9.59 Å². The third-order valence-corrected chi connectivity index (χ3v) is 4.98. The molecule has 0 radical (unpaired) electrons. The number of rotatable bonds is 9. The molecule has 0 bridgehead atoms. The van der Waals surface area contributed by atoms with Gasteiger partial charge in [-0.15, -0.1) is 0 Å². The number of nitrogens with zero attached hydrogens (tertiary/aromatic N) is 1. The number of ether oxygens (including phenoxy) is 2. The summed E-state index contributed by atoms with van der Waals surface area (Å²) < 4.78 is 10.8. The number of benzene rings is 3. The second-order valence-electron chi connectivity index (χ2n) is 7.16. The molecule has 0 aliphatic rings. The highest BCUT2D eigenvalue weighted by molar-refractivity contribution is 6.30. The Morgan fingerprint density at radius 2 is 1.58 bits per heavy atom. The lowest BCUT2D eigenvalue weighted by atomic mass is 10.1. The van der Waals surface area contributed by atoms with Crippen LogP contribution in [0.4, 0.5) is 5.69 Å². The molecule has 0 fully saturated rings. The summed E-state index contributed by atoms with van der Waals surface area (Å²) in [5.41, 5.74) is 4.74. The predicted molar refractivity (Wildman–Crippen MR) is 129 cm³/mol. The SMILES string of the molecule is COc1ccc(NC(=O)C(C)C(=O)NN=Cc2ccc(OCc3ccc(Cl)cc3)cc2)cc1. The van der Waals surface area contributed by atoms with Crippen molar-refractivity contribution in [1.29, 1.82) is 0 Å². The lowest BCUT2D eigenvalue weighted by molar-refractivity contribution is -0.131. The first-order valence-corrected chi connectivity index (χ1v) is 10.6. The number of halogens is 1. The van der Waals surface area contributed by atoms with Gasteiger partial charge >= 0.3 is 0 Å². The topological polar surface area (TPSA) is 89.0 Å². The molecule has 0 saturated heterocycles. The van der Waals surface area contributed by atoms with Gasteiger partial charge in [-0.1, -0.05) is 23.7 Å². The minimum Gasteiger partial charge on any atom is -0.497 e. The molecular formula is C25H24ClN3O4. The van der Waals surface area contributed by atoms with Crippen LogP contribution in [0.3, 0.4) is 0 Å². The molecule has 0 spiro atoms. The van der Waals surface area contributed by atoms with Crippen molar-refractivity contribution in [3.63, 3.8) is 0 Å². The molecule has 8 heteroatoms. The van der Waals surface area contributed by atoms with E-state index < -0.39 is 17.7 Å². The minimum atomic E-state index is -0.923. The van der Waals surface area contributed by atoms with Crippen molar-refractivity contribution in [2.45, 2.75) is 13.5 Å². The van der Waals surface area contributed by atoms with Gasteiger partial charge in [0.15, 0.2) is 0 Å². The van der Waals surface area contributed by atoms with Crippen molar-refractivity contribution < 1.29 is 19.1 Å². The first kappa shape index (κ1) is 23.8. The third-order valence-electron chi connectivity index (χ3n) is 4.73. The summed E-state index contributed by atoms with van der Waals surface area (Å²) in [5.74, 6) is -0.493. The van der Waals surface area contributed by atoms with E-state index in [1.165, 1.54) is 13.1 Å². The van der Waals surface area contributed by atoms with Gasteiger partial charge in [0.1, 0.15) is 24.0 Å². The Labute approximate surface area is 197 Å². The largest absolute Gasteiger partial charge is 0.497 e. The quantitative estimate of drug-likeness (QED) is 0.273. The normalized spacial score (nSPS) is 11.6. The van der Waals surface area contributed by atoms with E-state index in [9.17, 15) is 9.59 Å². The molecule has 7 nitrogen and oxygen atoms in total. The summed E-state index contributed by atoms with van der Waals surface area (Å²) in [5, 5.41) is 7.30. The molecule has 2 N–H and O–H groups in total. The Balaban J connectivity index is 1.45. The van der Waals surface area contributed by atoms with Crippen LogP contribution in [-0.4, -0.2) is 25.1 Å². The maximum absolute atomic E-state index is 12.3. The van der Waals surface area contributed by atoms with Crippen LogP contribution in [0.2, 0.25) is 5.02 Å². The Bertz CT molecular complexity index is 1100. The van der Waals surface area contributed by atoms with Gasteiger partial charge in [0.2, 0.25) is 5.91 Å². The van der Waals surface area contributed by atoms with Crippen molar-refractivity contribution in [3.05, 3.63) is 88.9 Å². The average Bonchev–Trinajstić information content (AvgIpc) is 2.84. The molecule has 1 atom stereocenters. The number of methoxy groups -OCH3 is 1. The van der Waals surface area contributed by atoms with Crippen LogP contribution >= 0.6 is 11.6 Å². The molecule has 2 amide bonds. The first-order chi connectivity index (χ1) is 15.9. The van der Waals surface area contributed by atoms with Gasteiger partial charge in [0.25, 0.3) is 5.91 Å². The molecule has 3 aromatic carbocycles. The standard InChI is InChI=1S/C25H24ClN3O4/c1-17(24(30)28-21-9-13-22(32-2)14-10-21)25(31)29-27-15-18-5-11-23(12-6-18)33-16-19-3-7-20(26)8-4-19/h3-15,17H,16H2,1-2H3,(H,28,30)(H,29,31). The first-order valence-electron chi connectivity index (χ1n) is 10.2. The number of hydrogen-bond donors (Lipinski definition) is 2. The van der Waals surface area contributed by atoms with Gasteiger partial charge in [-0.05, 0) is 78.7 Å². The number of hydrogen-bond acceptors (Lipinski definition) is 5. The van der Waals surface area contributed by atoms with Gasteiger partial charge in [-0.2, -0.15) is 5.10 Å². The number of amides is 2. The van der Waals surface area contributed by atoms with Gasteiger partial charge < -0.3 is 14.8 Å². The molecule has 33 heavy (non-hydrogen) atoms. The Morgan fingerprint density at radius 1 is 0.939 bits per heavy atom. The maximum atomic E-state index is 12.3. The second kappa shape index (κ2) is 11.7. The molecular weight excluding hydrogens is 442 g/mol. The molecule has 0 heterocycles. The van der Waals surface area contributed by atoms with Crippen molar-refractivity contribution in [1.82, 2.24) is 5.43 Å². The van der Waals surface area contributed by atoms with Crippen LogP contribution in [0, 0.1) is 5.92 Å². The Kier molecular flexibility index (Phi) is 8.43. The highest BCUT2D eigenvalue weighted by atomic mass is 35.5. The van der Waals surface area contributed by atoms with E-state index in [-0.39, 0.29) is 0 Å². The van der Waals surface area contributed by atoms with Crippen LogP contribution in [0.25, 0.3) is 0 Å². The second-order valence-corrected chi connectivity index (χ2v) is 7.59. The molecule has 3 rings (SSSR count). The van der Waals surface area contributed by atoms with E-state index in [1.807, 2.05) is 48.5 Å². The third kappa shape index (κ3) is 7.36. The van der Waals surface area contributed by atoms with Gasteiger partial charge in [-0.25, -0.2) is 5.43 Å². The summed E-state index contributed by atoms with van der Waals surface area (Å²) in [6, 6.07) is 21.5. The molecule has 170 valence electrons. The van der Waals surface area contributed by atoms with Crippen LogP contribution in [0.15, 0.2) is 77.9 Å². The fourth-order valence-corrected chi connectivity index (χ4v) is 2.83. The number of carbonyl (C=O) groups excluding carboxylic acids is 2. The molecule has 1 unspecified atom stereocenters. The molecule has 0 saturated carbocycles. The molecule has 3 aromatic rings. The van der Waals surface area contributed by atoms with Crippen LogP contribution in [-0.2, 0) is 16.2 Å². The monoisotopic (exact) mass is 465 g/mol. The smallest absolute Gasteiger partial charge is 0.252 e. The van der Waals surface area contributed by atoms with Crippen LogP contribution in [0.1, 0.15) is 18.1 Å². The van der Waals surface area contributed by atoms with Crippen molar-refractivity contribution >= 4 is 35.3 Å². The summed E-state index contributed by atoms with van der Waals surface area (Å²) >= 11 is 5.88. The van der Waals surface area contributed by atoms with E-state index in [4.69, 9.17) is 21.1 Å². The fraction of sp³-hybridized carbons (Fsp3) is 0.160. The van der Waals surface area contributed by atoms with E-state index in [1.54, 1.807) is 31.4 Å². The van der Waals surface area contributed by atoms with E-state index in [2.05, 4.69) is 15.8 Å². The van der Waals surface area contributed by atoms with E-state index >= 15 is 0 Å². The molecule has 0 aliphatic heterocycles. The zero-order valence-electron chi connectivity index (χ0n) is 18.2. The van der Waals surface area contributed by atoms with Crippen molar-refractivity contribution in [2.75, 3.05) is 12.4 Å². The van der Waals surface area contributed by atoms with Crippen LogP contribution < -0.4 is 20.2 Å². The van der Waals surface area contributed by atoms with Crippen molar-refractivity contribution in [3.8, 4) is 11.5 Å². The minimum absolute atomic E-state index is 0.428. The number of hydrazone groups is 1. The zero-order valence-corrected chi connectivity index (χ0v) is 19.0. The maximum Gasteiger partial charge on any atom is 0.252 e. The zero-order chi connectivity index (χ0) is 23.6. The summed E-state index contributed by atoms with van der Waals surface area (Å²) in [4.78, 5) is 24.5. The summed E-state index contributed by atoms with van der Waals surface area (Å²) in [6.07, 6.45) is 1.50. The molecule has 0 aliphatic carbocycles. The Hall–Kier alpha value is -3.84.